The van der Waals surface area contributed by atoms with Crippen LogP contribution in [0.4, 0.5) is 0 Å². The number of amides is 1. The normalized spacial score (nSPS) is 10.5. The predicted molar refractivity (Wildman–Crippen MR) is 113 cm³/mol. The first kappa shape index (κ1) is 21.8. The molecule has 9 nitrogen and oxygen atoms in total. The van der Waals surface area contributed by atoms with Gasteiger partial charge in [-0.15, -0.1) is 0 Å². The molecule has 0 aliphatic rings. The van der Waals surface area contributed by atoms with E-state index in [1.165, 1.54) is 24.2 Å². The summed E-state index contributed by atoms with van der Waals surface area (Å²) in [5, 5.41) is 27.0. The van der Waals surface area contributed by atoms with Crippen LogP contribution in [0.25, 0.3) is 16.9 Å². The highest BCUT2D eigenvalue weighted by molar-refractivity contribution is 5.93. The zero-order chi connectivity index (χ0) is 22.4. The standard InChI is InChI=1S/C22H23N5O4/c1-14-9-16(11-23)19(31-3)10-17(14)18-13-26-27(22(18)29)20-6-5-15(12-25-20)21(28)24-7-4-8-30-2/h5-6,9-10,12-13,29H,4,7-8H2,1-3H3,(H,24,28). The lowest BCUT2D eigenvalue weighted by Crippen LogP contribution is -2.25. The second kappa shape index (κ2) is 9.73. The minimum Gasteiger partial charge on any atom is -0.495 e. The molecule has 3 aromatic rings. The van der Waals surface area contributed by atoms with E-state index in [9.17, 15) is 15.2 Å². The van der Waals surface area contributed by atoms with Gasteiger partial charge in [0.25, 0.3) is 5.91 Å². The van der Waals surface area contributed by atoms with E-state index >= 15 is 0 Å². The highest BCUT2D eigenvalue weighted by atomic mass is 16.5. The minimum atomic E-state index is -0.235. The largest absolute Gasteiger partial charge is 0.495 e. The van der Waals surface area contributed by atoms with Crippen LogP contribution in [0.1, 0.15) is 27.9 Å². The lowest BCUT2D eigenvalue weighted by atomic mass is 10.00. The number of nitrogens with one attached hydrogen (secondary N) is 1. The van der Waals surface area contributed by atoms with Crippen molar-refractivity contribution in [2.75, 3.05) is 27.4 Å². The van der Waals surface area contributed by atoms with Crippen molar-refractivity contribution in [3.05, 3.63) is 53.3 Å². The number of hydrogen-bond donors (Lipinski definition) is 2. The maximum atomic E-state index is 12.2. The first-order valence-corrected chi connectivity index (χ1v) is 9.59. The molecule has 2 aromatic heterocycles. The van der Waals surface area contributed by atoms with Crippen LogP contribution in [0.2, 0.25) is 0 Å². The fourth-order valence-corrected chi connectivity index (χ4v) is 3.10. The minimum absolute atomic E-state index is 0.112. The molecule has 0 aliphatic carbocycles. The van der Waals surface area contributed by atoms with Crippen molar-refractivity contribution in [1.82, 2.24) is 20.1 Å². The number of methoxy groups -OCH3 is 2. The summed E-state index contributed by atoms with van der Waals surface area (Å²) in [5.74, 6) is 0.423. The number of aromatic hydroxyl groups is 1. The van der Waals surface area contributed by atoms with Crippen LogP contribution >= 0.6 is 0 Å². The topological polar surface area (TPSA) is 122 Å². The fourth-order valence-electron chi connectivity index (χ4n) is 3.10. The van der Waals surface area contributed by atoms with Crippen LogP contribution in [-0.2, 0) is 4.74 Å². The maximum Gasteiger partial charge on any atom is 0.252 e. The molecule has 1 aromatic carbocycles. The first-order valence-electron chi connectivity index (χ1n) is 9.59. The summed E-state index contributed by atoms with van der Waals surface area (Å²) >= 11 is 0. The van der Waals surface area contributed by atoms with Crippen molar-refractivity contribution in [2.45, 2.75) is 13.3 Å². The van der Waals surface area contributed by atoms with E-state index in [0.717, 1.165) is 12.0 Å². The number of ether oxygens (including phenoxy) is 2. The Morgan fingerprint density at radius 2 is 2.06 bits per heavy atom. The van der Waals surface area contributed by atoms with Crippen LogP contribution in [0.15, 0.2) is 36.7 Å². The summed E-state index contributed by atoms with van der Waals surface area (Å²) in [6, 6.07) is 8.70. The van der Waals surface area contributed by atoms with Gasteiger partial charge < -0.3 is 19.9 Å². The molecule has 0 spiro atoms. The highest BCUT2D eigenvalue weighted by Gasteiger charge is 2.18. The quantitative estimate of drug-likeness (QED) is 0.536. The number of carbonyl (C=O) groups is 1. The molecule has 0 aliphatic heterocycles. The third-order valence-corrected chi connectivity index (χ3v) is 4.74. The summed E-state index contributed by atoms with van der Waals surface area (Å²) < 4.78 is 11.5. The average molecular weight is 421 g/mol. The Morgan fingerprint density at radius 3 is 2.71 bits per heavy atom. The third kappa shape index (κ3) is 4.65. The Bertz CT molecular complexity index is 1120. The van der Waals surface area contributed by atoms with Crippen LogP contribution in [0, 0.1) is 18.3 Å². The second-order valence-corrected chi connectivity index (χ2v) is 6.78. The average Bonchev–Trinajstić information content (AvgIpc) is 3.17. The Hall–Kier alpha value is -3.90. The molecule has 160 valence electrons. The Balaban J connectivity index is 1.84. The van der Waals surface area contributed by atoms with Gasteiger partial charge >= 0.3 is 0 Å². The number of aryl methyl sites for hydroxylation is 1. The van der Waals surface area contributed by atoms with Crippen LogP contribution < -0.4 is 10.1 Å². The lowest BCUT2D eigenvalue weighted by molar-refractivity contribution is 0.0948. The van der Waals surface area contributed by atoms with Gasteiger partial charge in [-0.05, 0) is 48.7 Å². The Labute approximate surface area is 179 Å². The predicted octanol–water partition coefficient (Wildman–Crippen LogP) is 2.59. The number of hydrogen-bond acceptors (Lipinski definition) is 7. The van der Waals surface area contributed by atoms with Crippen LogP contribution in [0.3, 0.4) is 0 Å². The van der Waals surface area contributed by atoms with E-state index in [0.29, 0.717) is 47.0 Å². The zero-order valence-corrected chi connectivity index (χ0v) is 17.5. The highest BCUT2D eigenvalue weighted by Crippen LogP contribution is 2.36. The molecule has 2 heterocycles. The fraction of sp³-hybridized carbons (Fsp3) is 0.273. The molecule has 0 saturated carbocycles. The van der Waals surface area contributed by atoms with Gasteiger partial charge in [-0.3, -0.25) is 4.79 Å². The summed E-state index contributed by atoms with van der Waals surface area (Å²) in [7, 11) is 3.09. The van der Waals surface area contributed by atoms with Crippen molar-refractivity contribution in [3.63, 3.8) is 0 Å². The van der Waals surface area contributed by atoms with Gasteiger partial charge in [-0.2, -0.15) is 15.0 Å². The molecule has 0 saturated heterocycles. The monoisotopic (exact) mass is 421 g/mol. The van der Waals surface area contributed by atoms with Gasteiger partial charge in [0.15, 0.2) is 5.82 Å². The SMILES string of the molecule is COCCCNC(=O)c1ccc(-n2ncc(-c3cc(OC)c(C#N)cc3C)c2O)nc1. The Morgan fingerprint density at radius 1 is 1.26 bits per heavy atom. The van der Waals surface area contributed by atoms with Gasteiger partial charge in [-0.1, -0.05) is 0 Å². The van der Waals surface area contributed by atoms with E-state index in [4.69, 9.17) is 9.47 Å². The number of benzene rings is 1. The zero-order valence-electron chi connectivity index (χ0n) is 17.5. The number of nitriles is 1. The summed E-state index contributed by atoms with van der Waals surface area (Å²) in [6.45, 7) is 2.92. The van der Waals surface area contributed by atoms with Gasteiger partial charge in [0.05, 0.1) is 30.0 Å². The van der Waals surface area contributed by atoms with Crippen molar-refractivity contribution in [2.24, 2.45) is 0 Å². The van der Waals surface area contributed by atoms with Gasteiger partial charge in [0.1, 0.15) is 11.8 Å². The number of rotatable bonds is 8. The summed E-state index contributed by atoms with van der Waals surface area (Å²) in [6.07, 6.45) is 3.66. The number of aromatic nitrogens is 3. The summed E-state index contributed by atoms with van der Waals surface area (Å²) in [4.78, 5) is 16.4. The van der Waals surface area contributed by atoms with Crippen molar-refractivity contribution >= 4 is 5.91 Å². The van der Waals surface area contributed by atoms with E-state index in [1.807, 2.05) is 6.92 Å². The second-order valence-electron chi connectivity index (χ2n) is 6.78. The third-order valence-electron chi connectivity index (χ3n) is 4.74. The molecule has 0 fully saturated rings. The number of carbonyl (C=O) groups excluding carboxylic acids is 1. The molecule has 2 N–H and O–H groups in total. The summed E-state index contributed by atoms with van der Waals surface area (Å²) in [5.41, 5.74) is 2.77. The van der Waals surface area contributed by atoms with Crippen molar-refractivity contribution in [1.29, 1.82) is 5.26 Å². The number of nitrogens with zero attached hydrogens (tertiary/aromatic N) is 4. The molecule has 3 rings (SSSR count). The Kier molecular flexibility index (Phi) is 6.85. The number of pyridine rings is 1. The van der Waals surface area contributed by atoms with Gasteiger partial charge in [-0.25, -0.2) is 4.98 Å². The van der Waals surface area contributed by atoms with E-state index in [1.54, 1.807) is 31.4 Å². The van der Waals surface area contributed by atoms with E-state index in [2.05, 4.69) is 21.5 Å². The lowest BCUT2D eigenvalue weighted by Gasteiger charge is -2.10. The van der Waals surface area contributed by atoms with Crippen LogP contribution in [-0.4, -0.2) is 53.1 Å². The molecule has 0 unspecified atom stereocenters. The van der Waals surface area contributed by atoms with Gasteiger partial charge in [0, 0.05) is 26.5 Å². The van der Waals surface area contributed by atoms with Crippen LogP contribution in [0.5, 0.6) is 11.6 Å². The molecular formula is C22H23N5O4. The van der Waals surface area contributed by atoms with Crippen molar-refractivity contribution < 1.29 is 19.4 Å². The first-order chi connectivity index (χ1) is 15.0. The maximum absolute atomic E-state index is 12.2. The molecule has 0 bridgehead atoms. The molecule has 31 heavy (non-hydrogen) atoms. The molecular weight excluding hydrogens is 398 g/mol. The van der Waals surface area contributed by atoms with E-state index in [-0.39, 0.29) is 11.8 Å². The van der Waals surface area contributed by atoms with E-state index < -0.39 is 0 Å². The molecule has 1 amide bonds. The molecule has 9 heteroatoms. The smallest absolute Gasteiger partial charge is 0.252 e. The molecule has 0 radical (unpaired) electrons. The van der Waals surface area contributed by atoms with Gasteiger partial charge in [0.2, 0.25) is 5.88 Å². The molecule has 0 atom stereocenters. The van der Waals surface area contributed by atoms with Crippen molar-refractivity contribution in [3.8, 4) is 34.6 Å².